The summed E-state index contributed by atoms with van der Waals surface area (Å²) < 4.78 is 36.5. The van der Waals surface area contributed by atoms with E-state index in [1.54, 1.807) is 16.8 Å². The van der Waals surface area contributed by atoms with Crippen LogP contribution in [0.15, 0.2) is 60.9 Å². The molecular formula is C33H44N8O4S. The van der Waals surface area contributed by atoms with E-state index in [0.717, 1.165) is 49.3 Å². The van der Waals surface area contributed by atoms with Crippen LogP contribution in [-0.4, -0.2) is 76.3 Å². The van der Waals surface area contributed by atoms with Crippen molar-refractivity contribution in [2.45, 2.75) is 66.4 Å². The first-order valence-electron chi connectivity index (χ1n) is 15.5. The molecule has 2 aromatic carbocycles. The number of benzene rings is 2. The monoisotopic (exact) mass is 648 g/mol. The van der Waals surface area contributed by atoms with Crippen molar-refractivity contribution in [3.8, 4) is 16.9 Å². The second-order valence-electron chi connectivity index (χ2n) is 13.2. The molecule has 46 heavy (non-hydrogen) atoms. The van der Waals surface area contributed by atoms with Gasteiger partial charge in [0, 0.05) is 43.6 Å². The molecular weight excluding hydrogens is 604 g/mol. The average Bonchev–Trinajstić information content (AvgIpc) is 3.63. The number of rotatable bonds is 11. The lowest BCUT2D eigenvalue weighted by Gasteiger charge is -2.32. The number of hydrogen-bond donors (Lipinski definition) is 2. The summed E-state index contributed by atoms with van der Waals surface area (Å²) in [5.41, 5.74) is 5.38. The number of carbonyl (C=O) groups is 1. The Morgan fingerprint density at radius 2 is 1.80 bits per heavy atom. The maximum atomic E-state index is 13.1. The van der Waals surface area contributed by atoms with Crippen LogP contribution in [-0.2, 0) is 21.3 Å². The summed E-state index contributed by atoms with van der Waals surface area (Å²) in [7, 11) is -2.38. The SMILES string of the molecule is COC(NC(=O)c1ccc(C)c(-n2cc(-c3cnn(C4CCN(Cc5ccccc5)CC4)c3C)nn2)c1)NS(=O)(=O)CC(C)(C)C. The Morgan fingerprint density at radius 3 is 2.48 bits per heavy atom. The van der Waals surface area contributed by atoms with Crippen molar-refractivity contribution in [1.29, 1.82) is 0 Å². The minimum absolute atomic E-state index is 0.120. The lowest BCUT2D eigenvalue weighted by molar-refractivity contribution is 0.0528. The Balaban J connectivity index is 1.26. The van der Waals surface area contributed by atoms with E-state index in [0.29, 0.717) is 23.0 Å². The van der Waals surface area contributed by atoms with Crippen molar-refractivity contribution in [3.63, 3.8) is 0 Å². The van der Waals surface area contributed by atoms with E-state index in [2.05, 4.69) is 61.1 Å². The van der Waals surface area contributed by atoms with Gasteiger partial charge in [-0.3, -0.25) is 14.4 Å². The standard InChI is InChI=1S/C33H44N8O4S/c1-23-12-13-26(31(42)35-32(45-6)37-46(43,44)22-33(3,4)5)18-30(23)40-21-29(36-38-40)28-19-34-41(24(28)2)27-14-16-39(17-15-27)20-25-10-8-7-9-11-25/h7-13,18-19,21,27,32,37H,14-17,20,22H2,1-6H3,(H,35,42). The van der Waals surface area contributed by atoms with Crippen molar-refractivity contribution in [3.05, 3.63) is 83.3 Å². The number of nitrogens with one attached hydrogen (secondary N) is 2. The number of carbonyl (C=O) groups excluding carboxylic acids is 1. The van der Waals surface area contributed by atoms with Crippen molar-refractivity contribution in [1.82, 2.24) is 39.7 Å². The van der Waals surface area contributed by atoms with Crippen LogP contribution in [0.1, 0.15) is 66.8 Å². The zero-order valence-electron chi connectivity index (χ0n) is 27.4. The maximum Gasteiger partial charge on any atom is 0.254 e. The minimum atomic E-state index is -3.70. The van der Waals surface area contributed by atoms with Crippen LogP contribution in [0, 0.1) is 19.3 Å². The molecule has 2 aromatic heterocycles. The van der Waals surface area contributed by atoms with Gasteiger partial charge < -0.3 is 10.1 Å². The van der Waals surface area contributed by atoms with Crippen LogP contribution in [0.2, 0.25) is 0 Å². The average molecular weight is 649 g/mol. The number of piperidine rings is 1. The molecule has 2 N–H and O–H groups in total. The Bertz CT molecular complexity index is 1750. The summed E-state index contributed by atoms with van der Waals surface area (Å²) in [6.45, 7) is 12.4. The number of methoxy groups -OCH3 is 1. The summed E-state index contributed by atoms with van der Waals surface area (Å²) in [6, 6.07) is 16.1. The fourth-order valence-electron chi connectivity index (χ4n) is 5.82. The molecule has 1 fully saturated rings. The summed E-state index contributed by atoms with van der Waals surface area (Å²) in [5, 5.41) is 16.2. The molecule has 246 valence electrons. The Hall–Kier alpha value is -3.91. The fraction of sp³-hybridized carbons (Fsp3) is 0.455. The molecule has 0 aliphatic carbocycles. The maximum absolute atomic E-state index is 13.1. The Labute approximate surface area is 271 Å². The van der Waals surface area contributed by atoms with Crippen LogP contribution < -0.4 is 10.0 Å². The van der Waals surface area contributed by atoms with Crippen molar-refractivity contribution >= 4 is 15.9 Å². The second-order valence-corrected chi connectivity index (χ2v) is 14.9. The zero-order chi connectivity index (χ0) is 33.1. The van der Waals surface area contributed by atoms with E-state index < -0.39 is 27.7 Å². The molecule has 0 saturated carbocycles. The number of nitrogens with zero attached hydrogens (tertiary/aromatic N) is 6. The normalized spacial score (nSPS) is 15.6. The molecule has 4 aromatic rings. The zero-order valence-corrected chi connectivity index (χ0v) is 28.2. The molecule has 12 nitrogen and oxygen atoms in total. The molecule has 1 atom stereocenters. The molecule has 1 unspecified atom stereocenters. The van der Waals surface area contributed by atoms with Crippen LogP contribution in [0.4, 0.5) is 0 Å². The van der Waals surface area contributed by atoms with E-state index in [-0.39, 0.29) is 5.75 Å². The number of likely N-dealkylation sites (tertiary alicyclic amines) is 1. The molecule has 1 saturated heterocycles. The third kappa shape index (κ3) is 8.27. The Morgan fingerprint density at radius 1 is 1.09 bits per heavy atom. The predicted octanol–water partition coefficient (Wildman–Crippen LogP) is 4.21. The highest BCUT2D eigenvalue weighted by Gasteiger charge is 2.27. The minimum Gasteiger partial charge on any atom is -0.348 e. The Kier molecular flexibility index (Phi) is 10.1. The largest absolute Gasteiger partial charge is 0.348 e. The first-order valence-corrected chi connectivity index (χ1v) is 17.1. The van der Waals surface area contributed by atoms with Gasteiger partial charge in [0.05, 0.1) is 29.9 Å². The van der Waals surface area contributed by atoms with E-state index >= 15 is 0 Å². The number of hydrogen-bond acceptors (Lipinski definition) is 8. The first-order chi connectivity index (χ1) is 21.8. The highest BCUT2D eigenvalue weighted by Crippen LogP contribution is 2.29. The molecule has 1 amide bonds. The van der Waals surface area contributed by atoms with Crippen LogP contribution in [0.25, 0.3) is 16.9 Å². The highest BCUT2D eigenvalue weighted by molar-refractivity contribution is 7.89. The van der Waals surface area contributed by atoms with Gasteiger partial charge in [0.15, 0.2) is 6.35 Å². The van der Waals surface area contributed by atoms with E-state index in [9.17, 15) is 13.2 Å². The van der Waals surface area contributed by atoms with Gasteiger partial charge in [0.1, 0.15) is 5.69 Å². The van der Waals surface area contributed by atoms with Gasteiger partial charge in [-0.05, 0) is 55.4 Å². The fourth-order valence-corrected chi connectivity index (χ4v) is 7.53. The van der Waals surface area contributed by atoms with Gasteiger partial charge in [-0.15, -0.1) is 5.10 Å². The number of sulfonamides is 1. The molecule has 0 bridgehead atoms. The lowest BCUT2D eigenvalue weighted by Crippen LogP contribution is -2.50. The number of amides is 1. The van der Waals surface area contributed by atoms with Gasteiger partial charge >= 0.3 is 0 Å². The second kappa shape index (κ2) is 13.8. The summed E-state index contributed by atoms with van der Waals surface area (Å²) in [5.74, 6) is -0.621. The van der Waals surface area contributed by atoms with Gasteiger partial charge in [0.25, 0.3) is 5.91 Å². The summed E-state index contributed by atoms with van der Waals surface area (Å²) in [6.07, 6.45) is 4.51. The quantitative estimate of drug-likeness (QED) is 0.231. The lowest BCUT2D eigenvalue weighted by atomic mass is 10.0. The van der Waals surface area contributed by atoms with Crippen LogP contribution in [0.3, 0.4) is 0 Å². The van der Waals surface area contributed by atoms with Crippen molar-refractivity contribution in [2.24, 2.45) is 5.41 Å². The number of aryl methyl sites for hydroxylation is 1. The topological polar surface area (TPSA) is 136 Å². The van der Waals surface area contributed by atoms with E-state index in [1.807, 2.05) is 52.2 Å². The van der Waals surface area contributed by atoms with Crippen LogP contribution in [0.5, 0.6) is 0 Å². The van der Waals surface area contributed by atoms with E-state index in [4.69, 9.17) is 9.84 Å². The number of aromatic nitrogens is 5. The summed E-state index contributed by atoms with van der Waals surface area (Å²) >= 11 is 0. The van der Waals surface area contributed by atoms with Gasteiger partial charge in [-0.1, -0.05) is 62.4 Å². The predicted molar refractivity (Wildman–Crippen MR) is 177 cm³/mol. The summed E-state index contributed by atoms with van der Waals surface area (Å²) in [4.78, 5) is 15.6. The van der Waals surface area contributed by atoms with Gasteiger partial charge in [-0.2, -0.15) is 9.82 Å². The van der Waals surface area contributed by atoms with Gasteiger partial charge in [0.2, 0.25) is 10.0 Å². The third-order valence-electron chi connectivity index (χ3n) is 8.09. The molecule has 0 radical (unpaired) electrons. The smallest absolute Gasteiger partial charge is 0.254 e. The van der Waals surface area contributed by atoms with Crippen molar-refractivity contribution in [2.75, 3.05) is 26.0 Å². The number of ether oxygens (including phenoxy) is 1. The highest BCUT2D eigenvalue weighted by atomic mass is 32.2. The molecule has 1 aliphatic heterocycles. The van der Waals surface area contributed by atoms with Crippen molar-refractivity contribution < 1.29 is 17.9 Å². The third-order valence-corrected chi connectivity index (χ3v) is 9.91. The molecule has 3 heterocycles. The molecule has 5 rings (SSSR count). The molecule has 0 spiro atoms. The van der Waals surface area contributed by atoms with Gasteiger partial charge in [-0.25, -0.2) is 13.1 Å². The first kappa shape index (κ1) is 33.5. The molecule has 13 heteroatoms. The van der Waals surface area contributed by atoms with E-state index in [1.165, 1.54) is 12.7 Å². The molecule has 1 aliphatic rings. The van der Waals surface area contributed by atoms with Crippen LogP contribution >= 0.6 is 0 Å².